The Balaban J connectivity index is 4.13. The van der Waals surface area contributed by atoms with Crippen molar-refractivity contribution in [1.82, 2.24) is 0 Å². The molecule has 0 bridgehead atoms. The number of hydrogen-bond donors (Lipinski definition) is 0. The van der Waals surface area contributed by atoms with Gasteiger partial charge in [0.05, 0.1) is 0 Å². The molecule has 0 aromatic rings. The Morgan fingerprint density at radius 3 is 2.07 bits per heavy atom. The van der Waals surface area contributed by atoms with Crippen molar-refractivity contribution in [3.05, 3.63) is 12.7 Å². The lowest BCUT2D eigenvalue weighted by Gasteiger charge is -2.30. The molecule has 1 atom stereocenters. The normalized spacial score (nSPS) is 14.0. The molecule has 0 radical (unpaired) electrons. The molecule has 0 N–H and O–H groups in total. The van der Waals surface area contributed by atoms with Gasteiger partial charge in [-0.2, -0.15) is 0 Å². The zero-order valence-corrected chi connectivity index (χ0v) is 10.7. The van der Waals surface area contributed by atoms with Crippen LogP contribution >= 0.6 is 0 Å². The third kappa shape index (κ3) is 3.53. The fourth-order valence-corrected chi connectivity index (χ4v) is 3.86. The zero-order valence-electron chi connectivity index (χ0n) is 9.71. The molecule has 84 valence electrons. The fraction of sp³-hybridized carbons (Fsp3) is 0.800. The van der Waals surface area contributed by atoms with Crippen molar-refractivity contribution in [3.8, 4) is 0 Å². The van der Waals surface area contributed by atoms with Crippen molar-refractivity contribution in [2.75, 3.05) is 21.3 Å². The number of allylic oxidation sites excluding steroid dienone is 1. The van der Waals surface area contributed by atoms with Crippen LogP contribution in [-0.4, -0.2) is 30.1 Å². The van der Waals surface area contributed by atoms with Crippen LogP contribution in [0.15, 0.2) is 12.7 Å². The fourth-order valence-electron chi connectivity index (χ4n) is 1.60. The molecular formula is C10H22O3Si. The minimum absolute atomic E-state index is 0.336. The third-order valence-electron chi connectivity index (χ3n) is 2.50. The highest BCUT2D eigenvalue weighted by atomic mass is 28.4. The lowest BCUT2D eigenvalue weighted by Crippen LogP contribution is -2.46. The second kappa shape index (κ2) is 7.17. The van der Waals surface area contributed by atoms with Gasteiger partial charge in [-0.05, 0) is 19.3 Å². The first kappa shape index (κ1) is 13.8. The van der Waals surface area contributed by atoms with Gasteiger partial charge in [-0.15, -0.1) is 6.58 Å². The van der Waals surface area contributed by atoms with Crippen LogP contribution in [-0.2, 0) is 13.3 Å². The van der Waals surface area contributed by atoms with Gasteiger partial charge in [-0.1, -0.05) is 13.0 Å². The van der Waals surface area contributed by atoms with Crippen LogP contribution in [0.5, 0.6) is 0 Å². The SMILES string of the molecule is C=CCCCC(C)[Si](OC)(OC)OC. The van der Waals surface area contributed by atoms with E-state index >= 15 is 0 Å². The molecule has 0 amide bonds. The second-order valence-electron chi connectivity index (χ2n) is 3.34. The summed E-state index contributed by atoms with van der Waals surface area (Å²) in [7, 11) is 2.56. The van der Waals surface area contributed by atoms with E-state index in [0.29, 0.717) is 5.54 Å². The van der Waals surface area contributed by atoms with E-state index in [1.165, 1.54) is 0 Å². The summed E-state index contributed by atoms with van der Waals surface area (Å²) in [6.07, 6.45) is 5.12. The van der Waals surface area contributed by atoms with Gasteiger partial charge in [0.2, 0.25) is 0 Å². The van der Waals surface area contributed by atoms with Gasteiger partial charge in [0.1, 0.15) is 0 Å². The Kier molecular flexibility index (Phi) is 7.09. The molecule has 0 fully saturated rings. The van der Waals surface area contributed by atoms with Crippen molar-refractivity contribution in [3.63, 3.8) is 0 Å². The first-order valence-electron chi connectivity index (χ1n) is 4.93. The Labute approximate surface area is 88.4 Å². The summed E-state index contributed by atoms with van der Waals surface area (Å²) >= 11 is 0. The molecule has 4 heteroatoms. The summed E-state index contributed by atoms with van der Waals surface area (Å²) < 4.78 is 16.2. The van der Waals surface area contributed by atoms with E-state index in [1.54, 1.807) is 21.3 Å². The Bertz CT molecular complexity index is 149. The first-order chi connectivity index (χ1) is 6.66. The highest BCUT2D eigenvalue weighted by Crippen LogP contribution is 2.28. The lowest BCUT2D eigenvalue weighted by molar-refractivity contribution is 0.111. The van der Waals surface area contributed by atoms with Crippen LogP contribution in [0, 0.1) is 0 Å². The molecular weight excluding hydrogens is 196 g/mol. The minimum atomic E-state index is -2.41. The Morgan fingerprint density at radius 2 is 1.71 bits per heavy atom. The van der Waals surface area contributed by atoms with Gasteiger partial charge in [-0.3, -0.25) is 0 Å². The molecule has 0 heterocycles. The molecule has 3 nitrogen and oxygen atoms in total. The van der Waals surface area contributed by atoms with E-state index in [1.807, 2.05) is 6.08 Å². The van der Waals surface area contributed by atoms with E-state index in [4.69, 9.17) is 13.3 Å². The predicted molar refractivity (Wildman–Crippen MR) is 60.3 cm³/mol. The predicted octanol–water partition coefficient (Wildman–Crippen LogP) is 2.61. The average molecular weight is 218 g/mol. The van der Waals surface area contributed by atoms with E-state index in [9.17, 15) is 0 Å². The second-order valence-corrected chi connectivity index (χ2v) is 6.75. The molecule has 0 aromatic carbocycles. The van der Waals surface area contributed by atoms with E-state index < -0.39 is 8.80 Å². The van der Waals surface area contributed by atoms with Gasteiger partial charge >= 0.3 is 8.80 Å². The van der Waals surface area contributed by atoms with Crippen LogP contribution in [0.3, 0.4) is 0 Å². The molecule has 0 aliphatic carbocycles. The highest BCUT2D eigenvalue weighted by Gasteiger charge is 2.43. The summed E-state index contributed by atoms with van der Waals surface area (Å²) in [5.41, 5.74) is 0.336. The summed E-state index contributed by atoms with van der Waals surface area (Å²) in [5.74, 6) is 0. The standard InChI is InChI=1S/C10H22O3Si/c1-6-7-8-9-10(2)14(11-3,12-4)13-5/h6,10H,1,7-9H2,2-5H3. The lowest BCUT2D eigenvalue weighted by atomic mass is 10.2. The van der Waals surface area contributed by atoms with Gasteiger partial charge in [-0.25, -0.2) is 0 Å². The van der Waals surface area contributed by atoms with E-state index in [0.717, 1.165) is 19.3 Å². The quantitative estimate of drug-likeness (QED) is 0.356. The molecule has 0 rings (SSSR count). The van der Waals surface area contributed by atoms with Crippen LogP contribution in [0.25, 0.3) is 0 Å². The maximum Gasteiger partial charge on any atom is 0.503 e. The third-order valence-corrected chi connectivity index (χ3v) is 5.71. The summed E-state index contributed by atoms with van der Waals surface area (Å²) in [6, 6.07) is 0. The maximum absolute atomic E-state index is 5.40. The van der Waals surface area contributed by atoms with Crippen molar-refractivity contribution in [2.24, 2.45) is 0 Å². The van der Waals surface area contributed by atoms with Crippen LogP contribution in [0.2, 0.25) is 5.54 Å². The molecule has 0 saturated carbocycles. The van der Waals surface area contributed by atoms with Crippen molar-refractivity contribution < 1.29 is 13.3 Å². The van der Waals surface area contributed by atoms with Crippen molar-refractivity contribution >= 4 is 8.80 Å². The monoisotopic (exact) mass is 218 g/mol. The zero-order chi connectivity index (χ0) is 11.0. The molecule has 1 unspecified atom stereocenters. The van der Waals surface area contributed by atoms with Gasteiger partial charge in [0.25, 0.3) is 0 Å². The highest BCUT2D eigenvalue weighted by molar-refractivity contribution is 6.62. The van der Waals surface area contributed by atoms with Gasteiger partial charge < -0.3 is 13.3 Å². The molecule has 0 spiro atoms. The summed E-state index contributed by atoms with van der Waals surface area (Å²) in [5, 5.41) is 0. The topological polar surface area (TPSA) is 27.7 Å². The minimum Gasteiger partial charge on any atom is -0.377 e. The van der Waals surface area contributed by atoms with Gasteiger partial charge in [0.15, 0.2) is 0 Å². The Hall–Kier alpha value is -0.163. The number of rotatable bonds is 8. The smallest absolute Gasteiger partial charge is 0.377 e. The summed E-state index contributed by atoms with van der Waals surface area (Å²) in [4.78, 5) is 0. The number of unbranched alkanes of at least 4 members (excludes halogenated alkanes) is 1. The van der Waals surface area contributed by atoms with Crippen molar-refractivity contribution in [1.29, 1.82) is 0 Å². The molecule has 0 saturated heterocycles. The largest absolute Gasteiger partial charge is 0.503 e. The molecule has 0 aromatic heterocycles. The van der Waals surface area contributed by atoms with Crippen LogP contribution in [0.1, 0.15) is 26.2 Å². The van der Waals surface area contributed by atoms with Gasteiger partial charge in [0, 0.05) is 26.9 Å². The number of hydrogen-bond acceptors (Lipinski definition) is 3. The maximum atomic E-state index is 5.40. The van der Waals surface area contributed by atoms with E-state index in [-0.39, 0.29) is 0 Å². The Morgan fingerprint density at radius 1 is 1.21 bits per heavy atom. The average Bonchev–Trinajstić information content (AvgIpc) is 2.22. The first-order valence-corrected chi connectivity index (χ1v) is 6.73. The summed E-state index contributed by atoms with van der Waals surface area (Å²) in [6.45, 7) is 5.81. The van der Waals surface area contributed by atoms with Crippen LogP contribution < -0.4 is 0 Å². The van der Waals surface area contributed by atoms with Crippen LogP contribution in [0.4, 0.5) is 0 Å². The van der Waals surface area contributed by atoms with Crippen molar-refractivity contribution in [2.45, 2.75) is 31.7 Å². The van der Waals surface area contributed by atoms with E-state index in [2.05, 4.69) is 13.5 Å². The molecule has 0 aliphatic heterocycles. The molecule has 0 aliphatic rings. The molecule has 14 heavy (non-hydrogen) atoms.